The van der Waals surface area contributed by atoms with Gasteiger partial charge < -0.3 is 20.4 Å². The van der Waals surface area contributed by atoms with Crippen molar-refractivity contribution in [3.05, 3.63) is 12.2 Å². The van der Waals surface area contributed by atoms with Crippen LogP contribution in [0.1, 0.15) is 194 Å². The van der Waals surface area contributed by atoms with E-state index in [0.29, 0.717) is 12.8 Å². The van der Waals surface area contributed by atoms with Crippen LogP contribution in [0.4, 0.5) is 0 Å². The van der Waals surface area contributed by atoms with Crippen molar-refractivity contribution in [1.82, 2.24) is 0 Å². The van der Waals surface area contributed by atoms with Gasteiger partial charge in [-0.1, -0.05) is 142 Å². The summed E-state index contributed by atoms with van der Waals surface area (Å²) in [6.45, 7) is 4.41. The van der Waals surface area contributed by atoms with E-state index in [4.69, 9.17) is 10.2 Å². The van der Waals surface area contributed by atoms with Gasteiger partial charge in [-0.25, -0.2) is 0 Å². The molecule has 0 aromatic carbocycles. The third-order valence-electron chi connectivity index (χ3n) is 7.80. The van der Waals surface area contributed by atoms with Crippen molar-refractivity contribution in [3.63, 3.8) is 0 Å². The summed E-state index contributed by atoms with van der Waals surface area (Å²) in [5.41, 5.74) is 0. The lowest BCUT2D eigenvalue weighted by Gasteiger charge is -2.10. The molecule has 0 heterocycles. The van der Waals surface area contributed by atoms with E-state index in [1.54, 1.807) is 0 Å². The Kier molecular flexibility index (Phi) is 36.4. The number of hydrogen-bond acceptors (Lipinski definition) is 4. The molecule has 2 unspecified atom stereocenters. The molecule has 6 nitrogen and oxygen atoms in total. The number of carboxylic acid groups (broad SMARTS) is 2. The molecule has 0 saturated heterocycles. The molecule has 0 saturated carbocycles. The molecular weight excluding hydrogens is 528 g/mol. The van der Waals surface area contributed by atoms with Crippen LogP contribution >= 0.6 is 0 Å². The average Bonchev–Trinajstić information content (AvgIpc) is 2.95. The maximum atomic E-state index is 10.3. The van der Waals surface area contributed by atoms with E-state index in [1.807, 2.05) is 0 Å². The fraction of sp³-hybridized carbons (Fsp3) is 0.889. The maximum absolute atomic E-state index is 10.3. The monoisotopic (exact) mass is 599 g/mol. The first-order valence-corrected chi connectivity index (χ1v) is 17.8. The molecule has 0 aromatic heterocycles. The Morgan fingerprint density at radius 3 is 1.26 bits per heavy atom. The van der Waals surface area contributed by atoms with Crippen molar-refractivity contribution >= 4 is 11.9 Å². The lowest BCUT2D eigenvalue weighted by atomic mass is 10.0. The van der Waals surface area contributed by atoms with Crippen molar-refractivity contribution in [2.75, 3.05) is 0 Å². The van der Waals surface area contributed by atoms with Gasteiger partial charge >= 0.3 is 11.9 Å². The van der Waals surface area contributed by atoms with Gasteiger partial charge in [-0.3, -0.25) is 9.59 Å². The highest BCUT2D eigenvalue weighted by molar-refractivity contribution is 5.66. The second-order valence-corrected chi connectivity index (χ2v) is 12.2. The minimum atomic E-state index is -0.689. The van der Waals surface area contributed by atoms with E-state index in [2.05, 4.69) is 26.0 Å². The first kappa shape index (κ1) is 42.7. The largest absolute Gasteiger partial charge is 0.481 e. The smallest absolute Gasteiger partial charge is 0.303 e. The lowest BCUT2D eigenvalue weighted by molar-refractivity contribution is -0.138. The van der Waals surface area contributed by atoms with E-state index in [-0.39, 0.29) is 12.2 Å². The Labute approximate surface area is 259 Å². The predicted molar refractivity (Wildman–Crippen MR) is 177 cm³/mol. The van der Waals surface area contributed by atoms with Crippen LogP contribution in [-0.2, 0) is 9.59 Å². The third-order valence-corrected chi connectivity index (χ3v) is 7.80. The minimum absolute atomic E-state index is 0.0853. The number of aliphatic hydroxyl groups excluding tert-OH is 2. The molecule has 0 radical (unpaired) electrons. The first-order chi connectivity index (χ1) is 20.3. The highest BCUT2D eigenvalue weighted by Crippen LogP contribution is 2.14. The van der Waals surface area contributed by atoms with Gasteiger partial charge in [0, 0.05) is 12.8 Å². The highest BCUT2D eigenvalue weighted by Gasteiger charge is 2.04. The van der Waals surface area contributed by atoms with Gasteiger partial charge in [0.2, 0.25) is 0 Å². The van der Waals surface area contributed by atoms with Crippen LogP contribution in [0.15, 0.2) is 12.2 Å². The molecule has 0 rings (SSSR count). The van der Waals surface area contributed by atoms with E-state index < -0.39 is 11.9 Å². The third kappa shape index (κ3) is 40.7. The van der Waals surface area contributed by atoms with Gasteiger partial charge in [0.25, 0.3) is 0 Å². The number of carbonyl (C=O) groups is 2. The Morgan fingerprint density at radius 2 is 0.833 bits per heavy atom. The molecule has 0 fully saturated rings. The van der Waals surface area contributed by atoms with E-state index in [9.17, 15) is 19.8 Å². The van der Waals surface area contributed by atoms with Crippen molar-refractivity contribution in [1.29, 1.82) is 0 Å². The molecule has 250 valence electrons. The highest BCUT2D eigenvalue weighted by atomic mass is 16.4. The summed E-state index contributed by atoms with van der Waals surface area (Å²) in [7, 11) is 0. The quantitative estimate of drug-likeness (QED) is 0.0466. The number of aliphatic carboxylic acids is 2. The molecule has 0 aliphatic heterocycles. The van der Waals surface area contributed by atoms with Gasteiger partial charge in [-0.05, 0) is 51.4 Å². The molecule has 0 amide bonds. The normalized spacial score (nSPS) is 12.7. The second-order valence-electron chi connectivity index (χ2n) is 12.2. The number of carboxylic acids is 2. The SMILES string of the molecule is CCCCCCC(O)C/C=C\CCCCCCCC(=O)O.CCCCCCC(O)CCCCCCCCCCC(=O)O. The van der Waals surface area contributed by atoms with Crippen molar-refractivity contribution in [2.24, 2.45) is 0 Å². The molecule has 0 spiro atoms. The lowest BCUT2D eigenvalue weighted by Crippen LogP contribution is -2.05. The molecule has 0 aromatic rings. The van der Waals surface area contributed by atoms with Crippen molar-refractivity contribution < 1.29 is 30.0 Å². The predicted octanol–water partition coefficient (Wildman–Crippen LogP) is 10.4. The molecule has 2 atom stereocenters. The van der Waals surface area contributed by atoms with Crippen LogP contribution in [-0.4, -0.2) is 44.6 Å². The molecule has 0 bridgehead atoms. The van der Waals surface area contributed by atoms with Crippen LogP contribution in [0, 0.1) is 0 Å². The van der Waals surface area contributed by atoms with Crippen molar-refractivity contribution in [2.45, 2.75) is 206 Å². The fourth-order valence-electron chi connectivity index (χ4n) is 5.03. The molecule has 4 N–H and O–H groups in total. The number of rotatable bonds is 31. The summed E-state index contributed by atoms with van der Waals surface area (Å²) in [5.74, 6) is -1.37. The van der Waals surface area contributed by atoms with Crippen LogP contribution in [0.2, 0.25) is 0 Å². The van der Waals surface area contributed by atoms with Crippen LogP contribution in [0.5, 0.6) is 0 Å². The van der Waals surface area contributed by atoms with Gasteiger partial charge in [0.15, 0.2) is 0 Å². The van der Waals surface area contributed by atoms with E-state index in [1.165, 1.54) is 77.0 Å². The Balaban J connectivity index is 0. The molecule has 0 aliphatic carbocycles. The molecule has 0 aliphatic rings. The summed E-state index contributed by atoms with van der Waals surface area (Å²) in [6, 6.07) is 0. The van der Waals surface area contributed by atoms with E-state index >= 15 is 0 Å². The Morgan fingerprint density at radius 1 is 0.476 bits per heavy atom. The molecule has 42 heavy (non-hydrogen) atoms. The number of aliphatic hydroxyl groups is 2. The summed E-state index contributed by atoms with van der Waals surface area (Å²) < 4.78 is 0. The molecular formula is C36H70O6. The summed E-state index contributed by atoms with van der Waals surface area (Å²) in [5, 5.41) is 36.7. The molecule has 6 heteroatoms. The van der Waals surface area contributed by atoms with Crippen LogP contribution in [0.25, 0.3) is 0 Å². The zero-order valence-electron chi connectivity index (χ0n) is 27.7. The van der Waals surface area contributed by atoms with Gasteiger partial charge in [-0.2, -0.15) is 0 Å². The standard InChI is InChI=1S/C18H36O3.C18H34O3/c2*1-2-3-4-11-14-17(19)15-12-9-7-5-6-8-10-13-16-18(20)21/h17,19H,2-16H2,1H3,(H,20,21);9,12,17,19H,2-8,10-11,13-16H2,1H3,(H,20,21)/b;12-9-. The number of hydrogen-bond donors (Lipinski definition) is 4. The summed E-state index contributed by atoms with van der Waals surface area (Å²) in [4.78, 5) is 20.7. The zero-order valence-corrected chi connectivity index (χ0v) is 27.7. The van der Waals surface area contributed by atoms with Crippen LogP contribution < -0.4 is 0 Å². The minimum Gasteiger partial charge on any atom is -0.481 e. The number of allylic oxidation sites excluding steroid dienone is 1. The fourth-order valence-corrected chi connectivity index (χ4v) is 5.03. The Bertz CT molecular complexity index is 591. The zero-order chi connectivity index (χ0) is 31.5. The second kappa shape index (κ2) is 35.8. The van der Waals surface area contributed by atoms with Crippen LogP contribution in [0.3, 0.4) is 0 Å². The number of unbranched alkanes of at least 4 members (excludes halogenated alkanes) is 18. The topological polar surface area (TPSA) is 115 Å². The van der Waals surface area contributed by atoms with Gasteiger partial charge in [0.1, 0.15) is 0 Å². The summed E-state index contributed by atoms with van der Waals surface area (Å²) in [6.07, 6.45) is 33.6. The van der Waals surface area contributed by atoms with Gasteiger partial charge in [-0.15, -0.1) is 0 Å². The summed E-state index contributed by atoms with van der Waals surface area (Å²) >= 11 is 0. The van der Waals surface area contributed by atoms with Crippen molar-refractivity contribution in [3.8, 4) is 0 Å². The van der Waals surface area contributed by atoms with E-state index in [0.717, 1.165) is 89.9 Å². The van der Waals surface area contributed by atoms with Gasteiger partial charge in [0.05, 0.1) is 12.2 Å². The average molecular weight is 599 g/mol. The maximum Gasteiger partial charge on any atom is 0.303 e. The Hall–Kier alpha value is -1.40. The first-order valence-electron chi connectivity index (χ1n) is 17.8.